The van der Waals surface area contributed by atoms with Crippen molar-refractivity contribution >= 4 is 35.0 Å². The lowest BCUT2D eigenvalue weighted by molar-refractivity contribution is -0.139. The van der Waals surface area contributed by atoms with Gasteiger partial charge in [0.2, 0.25) is 0 Å². The highest BCUT2D eigenvalue weighted by atomic mass is 32.2. The number of rotatable bonds is 4. The Balaban J connectivity index is 2.09. The number of amides is 1. The Kier molecular flexibility index (Phi) is 4.29. The minimum Gasteiger partial charge on any atom is -0.480 e. The van der Waals surface area contributed by atoms with Gasteiger partial charge in [-0.3, -0.25) is 4.79 Å². The number of hydrogen-bond acceptors (Lipinski definition) is 4. The highest BCUT2D eigenvalue weighted by Crippen LogP contribution is 2.31. The van der Waals surface area contributed by atoms with Gasteiger partial charge in [0, 0.05) is 10.6 Å². The van der Waals surface area contributed by atoms with Crippen LogP contribution in [0, 0.1) is 0 Å². The normalized spacial score (nSPS) is 15.8. The second-order valence-electron chi connectivity index (χ2n) is 4.13. The molecule has 2 N–H and O–H groups in total. The number of hydrogen-bond donors (Lipinski definition) is 2. The van der Waals surface area contributed by atoms with E-state index in [4.69, 9.17) is 5.11 Å². The summed E-state index contributed by atoms with van der Waals surface area (Å²) < 4.78 is 0. The molecule has 0 aliphatic carbocycles. The topological polar surface area (TPSA) is 66.4 Å². The maximum absolute atomic E-state index is 12.0. The van der Waals surface area contributed by atoms with Crippen LogP contribution in [0.25, 0.3) is 0 Å². The predicted octanol–water partition coefficient (Wildman–Crippen LogP) is 2.13. The smallest absolute Gasteiger partial charge is 0.326 e. The summed E-state index contributed by atoms with van der Waals surface area (Å²) in [5.41, 5.74) is 1.23. The first-order chi connectivity index (χ1) is 8.61. The fraction of sp³-hybridized carbons (Fsp3) is 0.500. The molecular weight excluding hydrogens is 270 g/mol. The summed E-state index contributed by atoms with van der Waals surface area (Å²) in [5.74, 6) is 0.799. The van der Waals surface area contributed by atoms with Gasteiger partial charge in [-0.1, -0.05) is 6.92 Å². The van der Waals surface area contributed by atoms with E-state index in [1.54, 1.807) is 6.92 Å². The molecular formula is C12H15NO3S2. The van der Waals surface area contributed by atoms with Crippen LogP contribution in [0.4, 0.5) is 0 Å². The van der Waals surface area contributed by atoms with E-state index in [9.17, 15) is 9.59 Å². The average molecular weight is 285 g/mol. The summed E-state index contributed by atoms with van der Waals surface area (Å²) >= 11 is 3.36. The zero-order chi connectivity index (χ0) is 13.1. The maximum atomic E-state index is 12.0. The first-order valence-corrected chi connectivity index (χ1v) is 7.82. The number of fused-ring (bicyclic) bond motifs is 1. The minimum atomic E-state index is -0.984. The zero-order valence-corrected chi connectivity index (χ0v) is 11.7. The van der Waals surface area contributed by atoms with Gasteiger partial charge >= 0.3 is 5.97 Å². The fourth-order valence-corrected chi connectivity index (χ4v) is 4.10. The molecule has 1 aromatic heterocycles. The Morgan fingerprint density at radius 1 is 1.56 bits per heavy atom. The molecule has 98 valence electrons. The van der Waals surface area contributed by atoms with Gasteiger partial charge in [-0.2, -0.15) is 11.8 Å². The number of thiophene rings is 1. The van der Waals surface area contributed by atoms with Crippen LogP contribution < -0.4 is 5.32 Å². The molecule has 2 heterocycles. The molecule has 1 atom stereocenters. The number of nitrogens with one attached hydrogen (secondary N) is 1. The van der Waals surface area contributed by atoms with Crippen LogP contribution >= 0.6 is 23.1 Å². The van der Waals surface area contributed by atoms with Crippen molar-refractivity contribution in [2.24, 2.45) is 0 Å². The van der Waals surface area contributed by atoms with E-state index in [0.29, 0.717) is 11.3 Å². The van der Waals surface area contributed by atoms with Crippen molar-refractivity contribution in [2.75, 3.05) is 5.75 Å². The van der Waals surface area contributed by atoms with Crippen molar-refractivity contribution in [1.29, 1.82) is 0 Å². The molecule has 0 fully saturated rings. The monoisotopic (exact) mass is 285 g/mol. The van der Waals surface area contributed by atoms with Crippen molar-refractivity contribution in [2.45, 2.75) is 31.6 Å². The van der Waals surface area contributed by atoms with Crippen LogP contribution in [0.15, 0.2) is 6.07 Å². The van der Waals surface area contributed by atoms with Crippen LogP contribution in [-0.2, 0) is 17.0 Å². The number of carbonyl (C=O) groups excluding carboxylic acids is 1. The van der Waals surface area contributed by atoms with Gasteiger partial charge in [0.05, 0.1) is 4.88 Å². The molecule has 4 nitrogen and oxygen atoms in total. The second kappa shape index (κ2) is 5.75. The Labute approximate surface area is 114 Å². The highest BCUT2D eigenvalue weighted by molar-refractivity contribution is 7.98. The van der Waals surface area contributed by atoms with Gasteiger partial charge in [0.15, 0.2) is 0 Å². The van der Waals surface area contributed by atoms with E-state index in [0.717, 1.165) is 17.9 Å². The van der Waals surface area contributed by atoms with Crippen molar-refractivity contribution in [3.05, 3.63) is 21.4 Å². The molecule has 1 amide bonds. The van der Waals surface area contributed by atoms with Crippen molar-refractivity contribution in [3.63, 3.8) is 0 Å². The lowest BCUT2D eigenvalue weighted by Crippen LogP contribution is -2.39. The summed E-state index contributed by atoms with van der Waals surface area (Å²) in [6.07, 6.45) is 1.40. The molecule has 1 aromatic rings. The third kappa shape index (κ3) is 2.87. The van der Waals surface area contributed by atoms with Crippen LogP contribution in [0.1, 0.15) is 33.5 Å². The minimum absolute atomic E-state index is 0.270. The van der Waals surface area contributed by atoms with E-state index in [2.05, 4.69) is 5.32 Å². The van der Waals surface area contributed by atoms with Crippen molar-refractivity contribution in [3.8, 4) is 0 Å². The van der Waals surface area contributed by atoms with Crippen LogP contribution in [0.5, 0.6) is 0 Å². The van der Waals surface area contributed by atoms with Gasteiger partial charge in [-0.15, -0.1) is 11.3 Å². The summed E-state index contributed by atoms with van der Waals surface area (Å²) in [5, 5.41) is 11.5. The van der Waals surface area contributed by atoms with Crippen LogP contribution in [-0.4, -0.2) is 28.8 Å². The molecule has 0 saturated carbocycles. The zero-order valence-electron chi connectivity index (χ0n) is 10.1. The Morgan fingerprint density at radius 3 is 2.94 bits per heavy atom. The van der Waals surface area contributed by atoms with Crippen LogP contribution in [0.3, 0.4) is 0 Å². The van der Waals surface area contributed by atoms with Gasteiger partial charge in [-0.25, -0.2) is 4.79 Å². The Bertz CT molecular complexity index is 446. The van der Waals surface area contributed by atoms with Crippen LogP contribution in [0.2, 0.25) is 0 Å². The molecule has 18 heavy (non-hydrogen) atoms. The van der Waals surface area contributed by atoms with E-state index >= 15 is 0 Å². The van der Waals surface area contributed by atoms with E-state index in [1.807, 2.05) is 17.8 Å². The lowest BCUT2D eigenvalue weighted by atomic mass is 10.2. The molecule has 2 rings (SSSR count). The molecule has 0 radical (unpaired) electrons. The van der Waals surface area contributed by atoms with Gasteiger partial charge in [-0.05, 0) is 30.2 Å². The van der Waals surface area contributed by atoms with Gasteiger partial charge in [0.25, 0.3) is 5.91 Å². The molecule has 6 heteroatoms. The van der Waals surface area contributed by atoms with E-state index in [1.165, 1.54) is 21.8 Å². The Morgan fingerprint density at radius 2 is 2.33 bits per heavy atom. The lowest BCUT2D eigenvalue weighted by Gasteiger charge is -2.10. The highest BCUT2D eigenvalue weighted by Gasteiger charge is 2.22. The third-order valence-electron chi connectivity index (χ3n) is 2.86. The van der Waals surface area contributed by atoms with Gasteiger partial charge < -0.3 is 10.4 Å². The molecule has 0 unspecified atom stereocenters. The van der Waals surface area contributed by atoms with Crippen molar-refractivity contribution in [1.82, 2.24) is 5.32 Å². The molecule has 0 bridgehead atoms. The summed E-state index contributed by atoms with van der Waals surface area (Å²) in [6, 6.07) is 1.10. The predicted molar refractivity (Wildman–Crippen MR) is 73.4 cm³/mol. The SMILES string of the molecule is CC[C@H](NC(=O)c1cc2c(s1)CCSC2)C(=O)O. The van der Waals surface area contributed by atoms with Crippen molar-refractivity contribution < 1.29 is 14.7 Å². The number of carboxylic acids is 1. The average Bonchev–Trinajstić information content (AvgIpc) is 2.79. The standard InChI is InChI=1S/C12H15NO3S2/c1-2-8(12(15)16)13-11(14)10-5-7-6-17-4-3-9(7)18-10/h5,8H,2-4,6H2,1H3,(H,13,14)(H,15,16)/t8-/m0/s1. The van der Waals surface area contributed by atoms with Gasteiger partial charge in [0.1, 0.15) is 6.04 Å². The largest absolute Gasteiger partial charge is 0.480 e. The molecule has 0 aromatic carbocycles. The third-order valence-corrected chi connectivity index (χ3v) is 5.11. The molecule has 1 aliphatic rings. The van der Waals surface area contributed by atoms with E-state index < -0.39 is 12.0 Å². The maximum Gasteiger partial charge on any atom is 0.326 e. The number of thioether (sulfide) groups is 1. The summed E-state index contributed by atoms with van der Waals surface area (Å²) in [7, 11) is 0. The quantitative estimate of drug-likeness (QED) is 0.889. The Hall–Kier alpha value is -1.01. The summed E-state index contributed by atoms with van der Waals surface area (Å²) in [6.45, 7) is 1.75. The molecule has 0 saturated heterocycles. The second-order valence-corrected chi connectivity index (χ2v) is 6.38. The number of carboxylic acid groups (broad SMARTS) is 1. The summed E-state index contributed by atoms with van der Waals surface area (Å²) in [4.78, 5) is 24.7. The fourth-order valence-electron chi connectivity index (χ4n) is 1.83. The molecule has 0 spiro atoms. The number of carbonyl (C=O) groups is 2. The first kappa shape index (κ1) is 13.4. The number of aryl methyl sites for hydroxylation is 1. The number of aliphatic carboxylic acids is 1. The first-order valence-electron chi connectivity index (χ1n) is 5.84. The van der Waals surface area contributed by atoms with E-state index in [-0.39, 0.29) is 5.91 Å². The molecule has 1 aliphatic heterocycles.